The summed E-state index contributed by atoms with van der Waals surface area (Å²) < 4.78 is 5.53. The number of rotatable bonds is 5. The number of nitrogens with one attached hydrogen (secondary N) is 1. The Morgan fingerprint density at radius 2 is 1.96 bits per heavy atom. The molecule has 4 nitrogen and oxygen atoms in total. The van der Waals surface area contributed by atoms with E-state index >= 15 is 0 Å². The first-order chi connectivity index (χ1) is 11.6. The number of anilines is 1. The van der Waals surface area contributed by atoms with Gasteiger partial charge in [-0.25, -0.2) is 4.98 Å². The summed E-state index contributed by atoms with van der Waals surface area (Å²) in [6, 6.07) is 15.0. The van der Waals surface area contributed by atoms with Crippen LogP contribution in [0.5, 0.6) is 5.75 Å². The number of hydrogen-bond donors (Lipinski definition) is 1. The number of ether oxygens (including phenoxy) is 1. The molecule has 24 heavy (non-hydrogen) atoms. The van der Waals surface area contributed by atoms with Gasteiger partial charge in [0.25, 0.3) is 5.91 Å². The van der Waals surface area contributed by atoms with E-state index in [0.717, 1.165) is 16.8 Å². The minimum Gasteiger partial charge on any atom is -0.483 e. The van der Waals surface area contributed by atoms with E-state index in [1.807, 2.05) is 60.8 Å². The molecule has 0 atom stereocenters. The number of benzene rings is 2. The molecule has 3 rings (SSSR count). The molecule has 0 unspecified atom stereocenters. The summed E-state index contributed by atoms with van der Waals surface area (Å²) in [7, 11) is 0. The van der Waals surface area contributed by atoms with E-state index in [1.54, 1.807) is 0 Å². The predicted octanol–water partition coefficient (Wildman–Crippen LogP) is 4.79. The Bertz CT molecular complexity index is 863. The summed E-state index contributed by atoms with van der Waals surface area (Å²) in [6.45, 7) is 1.87. The standard InChI is InChI=1S/C18H15ClN2O2S/c1-12-6-2-5-9-16(12)23-10-17(22)21-18-20-15(11-24-18)13-7-3-4-8-14(13)19/h2-9,11H,10H2,1H3,(H,20,21,22). The maximum absolute atomic E-state index is 12.0. The number of carbonyl (C=O) groups is 1. The number of nitrogens with zero attached hydrogens (tertiary/aromatic N) is 1. The maximum atomic E-state index is 12.0. The number of amides is 1. The van der Waals surface area contributed by atoms with E-state index in [-0.39, 0.29) is 12.5 Å². The van der Waals surface area contributed by atoms with Gasteiger partial charge in [0.05, 0.1) is 5.69 Å². The van der Waals surface area contributed by atoms with Crippen LogP contribution in [-0.4, -0.2) is 17.5 Å². The second-order valence-electron chi connectivity index (χ2n) is 5.12. The molecule has 3 aromatic rings. The molecule has 6 heteroatoms. The van der Waals surface area contributed by atoms with Crippen LogP contribution >= 0.6 is 22.9 Å². The summed E-state index contributed by atoms with van der Waals surface area (Å²) >= 11 is 7.51. The molecule has 0 aliphatic rings. The molecule has 0 bridgehead atoms. The molecule has 0 radical (unpaired) electrons. The second-order valence-corrected chi connectivity index (χ2v) is 6.39. The van der Waals surface area contributed by atoms with Crippen LogP contribution < -0.4 is 10.1 Å². The number of hydrogen-bond acceptors (Lipinski definition) is 4. The van der Waals surface area contributed by atoms with Crippen molar-refractivity contribution < 1.29 is 9.53 Å². The first kappa shape index (κ1) is 16.5. The van der Waals surface area contributed by atoms with Crippen LogP contribution in [0, 0.1) is 6.92 Å². The summed E-state index contributed by atoms with van der Waals surface area (Å²) in [5.41, 5.74) is 2.56. The number of thiazole rings is 1. The quantitative estimate of drug-likeness (QED) is 0.713. The smallest absolute Gasteiger partial charge is 0.264 e. The minimum absolute atomic E-state index is 0.0636. The van der Waals surface area contributed by atoms with Crippen molar-refractivity contribution in [3.05, 3.63) is 64.5 Å². The van der Waals surface area contributed by atoms with E-state index < -0.39 is 0 Å². The third-order valence-electron chi connectivity index (χ3n) is 3.35. The molecular formula is C18H15ClN2O2S. The summed E-state index contributed by atoms with van der Waals surface area (Å²) in [5, 5.41) is 5.75. The summed E-state index contributed by atoms with van der Waals surface area (Å²) in [6.07, 6.45) is 0. The Morgan fingerprint density at radius 3 is 2.75 bits per heavy atom. The molecular weight excluding hydrogens is 344 g/mol. The van der Waals surface area contributed by atoms with Crippen LogP contribution in [0.15, 0.2) is 53.9 Å². The second kappa shape index (κ2) is 7.47. The zero-order valence-electron chi connectivity index (χ0n) is 13.0. The Hall–Kier alpha value is -2.37. The zero-order chi connectivity index (χ0) is 16.9. The molecule has 122 valence electrons. The molecule has 0 saturated carbocycles. The Kier molecular flexibility index (Phi) is 5.13. The Morgan fingerprint density at radius 1 is 1.21 bits per heavy atom. The lowest BCUT2D eigenvalue weighted by molar-refractivity contribution is -0.118. The fourth-order valence-electron chi connectivity index (χ4n) is 2.14. The molecule has 0 fully saturated rings. The van der Waals surface area contributed by atoms with Crippen molar-refractivity contribution in [2.75, 3.05) is 11.9 Å². The van der Waals surface area contributed by atoms with Crippen molar-refractivity contribution in [1.29, 1.82) is 0 Å². The van der Waals surface area contributed by atoms with E-state index in [2.05, 4.69) is 10.3 Å². The Balaban J connectivity index is 1.62. The van der Waals surface area contributed by atoms with Crippen molar-refractivity contribution in [2.45, 2.75) is 6.92 Å². The van der Waals surface area contributed by atoms with Crippen LogP contribution in [0.2, 0.25) is 5.02 Å². The zero-order valence-corrected chi connectivity index (χ0v) is 14.5. The first-order valence-electron chi connectivity index (χ1n) is 7.32. The summed E-state index contributed by atoms with van der Waals surface area (Å²) in [5.74, 6) is 0.446. The largest absolute Gasteiger partial charge is 0.483 e. The van der Waals surface area contributed by atoms with Crippen molar-refractivity contribution in [1.82, 2.24) is 4.98 Å². The van der Waals surface area contributed by atoms with Gasteiger partial charge in [-0.05, 0) is 24.6 Å². The number of carbonyl (C=O) groups excluding carboxylic acids is 1. The van der Waals surface area contributed by atoms with E-state index in [9.17, 15) is 4.79 Å². The predicted molar refractivity (Wildman–Crippen MR) is 97.9 cm³/mol. The molecule has 0 saturated heterocycles. The highest BCUT2D eigenvalue weighted by Gasteiger charge is 2.11. The number of aromatic nitrogens is 1. The Labute approximate surface area is 149 Å². The van der Waals surface area contributed by atoms with Gasteiger partial charge in [-0.2, -0.15) is 0 Å². The highest BCUT2D eigenvalue weighted by molar-refractivity contribution is 7.14. The number of halogens is 1. The molecule has 1 aromatic heterocycles. The van der Waals surface area contributed by atoms with Gasteiger partial charge in [0, 0.05) is 16.0 Å². The maximum Gasteiger partial charge on any atom is 0.264 e. The van der Waals surface area contributed by atoms with Crippen LogP contribution in [0.3, 0.4) is 0 Å². The van der Waals surface area contributed by atoms with Gasteiger partial charge in [-0.3, -0.25) is 10.1 Å². The molecule has 1 heterocycles. The highest BCUT2D eigenvalue weighted by Crippen LogP contribution is 2.30. The van der Waals surface area contributed by atoms with Crippen LogP contribution in [0.1, 0.15) is 5.56 Å². The van der Waals surface area contributed by atoms with Crippen LogP contribution in [0.4, 0.5) is 5.13 Å². The third kappa shape index (κ3) is 3.93. The highest BCUT2D eigenvalue weighted by atomic mass is 35.5. The lowest BCUT2D eigenvalue weighted by Gasteiger charge is -2.08. The van der Waals surface area contributed by atoms with Gasteiger partial charge in [0.2, 0.25) is 0 Å². The average molecular weight is 359 g/mol. The van der Waals surface area contributed by atoms with Gasteiger partial charge in [-0.15, -0.1) is 11.3 Å². The first-order valence-corrected chi connectivity index (χ1v) is 8.58. The van der Waals surface area contributed by atoms with Crippen molar-refractivity contribution in [3.63, 3.8) is 0 Å². The fraction of sp³-hybridized carbons (Fsp3) is 0.111. The van der Waals surface area contributed by atoms with E-state index in [1.165, 1.54) is 11.3 Å². The lowest BCUT2D eigenvalue weighted by Crippen LogP contribution is -2.20. The normalized spacial score (nSPS) is 10.4. The van der Waals surface area contributed by atoms with Crippen molar-refractivity contribution in [3.8, 4) is 17.0 Å². The van der Waals surface area contributed by atoms with E-state index in [0.29, 0.717) is 15.9 Å². The van der Waals surface area contributed by atoms with Gasteiger partial charge < -0.3 is 4.74 Å². The molecule has 1 N–H and O–H groups in total. The average Bonchev–Trinajstić information content (AvgIpc) is 3.03. The fourth-order valence-corrected chi connectivity index (χ4v) is 3.10. The topological polar surface area (TPSA) is 51.2 Å². The molecule has 0 spiro atoms. The van der Waals surface area contributed by atoms with Gasteiger partial charge >= 0.3 is 0 Å². The van der Waals surface area contributed by atoms with Crippen LogP contribution in [0.25, 0.3) is 11.3 Å². The minimum atomic E-state index is -0.252. The molecule has 2 aromatic carbocycles. The van der Waals surface area contributed by atoms with Gasteiger partial charge in [-0.1, -0.05) is 48.0 Å². The third-order valence-corrected chi connectivity index (χ3v) is 4.44. The number of para-hydroxylation sites is 1. The molecule has 0 aliphatic heterocycles. The van der Waals surface area contributed by atoms with Gasteiger partial charge in [0.15, 0.2) is 11.7 Å². The number of aryl methyl sites for hydroxylation is 1. The monoisotopic (exact) mass is 358 g/mol. The van der Waals surface area contributed by atoms with Crippen molar-refractivity contribution >= 4 is 34.0 Å². The SMILES string of the molecule is Cc1ccccc1OCC(=O)Nc1nc(-c2ccccc2Cl)cs1. The van der Waals surface area contributed by atoms with Crippen molar-refractivity contribution in [2.24, 2.45) is 0 Å². The van der Waals surface area contributed by atoms with E-state index in [4.69, 9.17) is 16.3 Å². The van der Waals surface area contributed by atoms with Gasteiger partial charge in [0.1, 0.15) is 5.75 Å². The summed E-state index contributed by atoms with van der Waals surface area (Å²) in [4.78, 5) is 16.4. The van der Waals surface area contributed by atoms with Crippen LogP contribution in [-0.2, 0) is 4.79 Å². The lowest BCUT2D eigenvalue weighted by atomic mass is 10.2. The molecule has 1 amide bonds. The molecule has 0 aliphatic carbocycles.